The average molecular weight is 285 g/mol. The van der Waals surface area contributed by atoms with Gasteiger partial charge in [-0.3, -0.25) is 4.90 Å². The quantitative estimate of drug-likeness (QED) is 0.671. The molecule has 3 aliphatic carbocycles. The van der Waals surface area contributed by atoms with Gasteiger partial charge in [0.2, 0.25) is 0 Å². The van der Waals surface area contributed by atoms with Crippen molar-refractivity contribution in [2.75, 3.05) is 18.1 Å². The van der Waals surface area contributed by atoms with E-state index in [1.54, 1.807) is 0 Å². The van der Waals surface area contributed by atoms with E-state index in [9.17, 15) is 13.2 Å². The maximum Gasteiger partial charge on any atom is 0.410 e. The van der Waals surface area contributed by atoms with Gasteiger partial charge < -0.3 is 4.74 Å². The first-order chi connectivity index (χ1) is 9.03. The van der Waals surface area contributed by atoms with Gasteiger partial charge in [-0.2, -0.15) is 0 Å². The molecule has 0 aromatic carbocycles. The lowest BCUT2D eigenvalue weighted by atomic mass is 9.60. The minimum absolute atomic E-state index is 0.197. The van der Waals surface area contributed by atoms with Crippen molar-refractivity contribution in [3.8, 4) is 0 Å². The average Bonchev–Trinajstić information content (AvgIpc) is 3.00. The topological polar surface area (TPSA) is 63.5 Å². The summed E-state index contributed by atoms with van der Waals surface area (Å²) in [7, 11) is -2.84. The highest BCUT2D eigenvalue weighted by Crippen LogP contribution is 2.61. The molecule has 106 valence electrons. The van der Waals surface area contributed by atoms with Gasteiger partial charge in [-0.15, -0.1) is 0 Å². The number of nitrogens with zero attached hydrogens (tertiary/aromatic N) is 1. The second-order valence-electron chi connectivity index (χ2n) is 6.40. The van der Waals surface area contributed by atoms with E-state index in [1.807, 2.05) is 11.8 Å². The summed E-state index contributed by atoms with van der Waals surface area (Å²) in [6.45, 7) is 2.23. The summed E-state index contributed by atoms with van der Waals surface area (Å²) in [5.41, 5.74) is 0. The number of hydrogen-bond acceptors (Lipinski definition) is 4. The third kappa shape index (κ3) is 1.52. The predicted molar refractivity (Wildman–Crippen MR) is 68.3 cm³/mol. The fourth-order valence-electron chi connectivity index (χ4n) is 5.07. The van der Waals surface area contributed by atoms with E-state index >= 15 is 0 Å². The number of likely N-dealkylation sites (tertiary alicyclic amines) is 1. The van der Waals surface area contributed by atoms with Crippen molar-refractivity contribution in [2.45, 2.75) is 31.8 Å². The maximum atomic E-state index is 11.9. The van der Waals surface area contributed by atoms with Crippen molar-refractivity contribution < 1.29 is 17.9 Å². The SMILES string of the molecule is CCOC(=O)N1[C@@H]2[C@@H]3CC[C@@H]([C@@H]4CS(=O)(=O)C[C@@H]43)[C@@H]21. The first kappa shape index (κ1) is 12.0. The zero-order valence-corrected chi connectivity index (χ0v) is 11.8. The summed E-state index contributed by atoms with van der Waals surface area (Å²) < 4.78 is 28.8. The zero-order chi connectivity index (χ0) is 13.4. The largest absolute Gasteiger partial charge is 0.450 e. The number of hydrogen-bond donors (Lipinski definition) is 0. The number of carbonyl (C=O) groups is 1. The predicted octanol–water partition coefficient (Wildman–Crippen LogP) is 0.896. The van der Waals surface area contributed by atoms with E-state index in [1.165, 1.54) is 0 Å². The summed E-state index contributed by atoms with van der Waals surface area (Å²) in [5, 5.41) is 0. The molecule has 3 saturated carbocycles. The molecule has 0 aromatic rings. The normalized spacial score (nSPS) is 48.6. The molecular weight excluding hydrogens is 266 g/mol. The number of sulfone groups is 1. The molecule has 2 bridgehead atoms. The summed E-state index contributed by atoms with van der Waals surface area (Å²) in [6, 6.07) is 0.541. The Labute approximate surface area is 113 Å². The van der Waals surface area contributed by atoms with Crippen LogP contribution in [0.25, 0.3) is 0 Å². The fraction of sp³-hybridized carbons (Fsp3) is 0.923. The Hall–Kier alpha value is -0.780. The van der Waals surface area contributed by atoms with Gasteiger partial charge in [0.25, 0.3) is 0 Å². The van der Waals surface area contributed by atoms with Crippen molar-refractivity contribution in [1.29, 1.82) is 0 Å². The van der Waals surface area contributed by atoms with E-state index in [4.69, 9.17) is 4.74 Å². The lowest BCUT2D eigenvalue weighted by molar-refractivity contribution is 0.0889. The van der Waals surface area contributed by atoms with Crippen LogP contribution in [0.3, 0.4) is 0 Å². The Bertz CT molecular complexity index is 499. The standard InChI is InChI=1S/C13H19NO4S/c1-2-18-13(15)14-11-7-3-4-8(12(11)14)10-6-19(16,17)5-9(7)10/h7-12H,2-6H2,1H3/t7-,8+,9-,10+,11-,12+,14?. The van der Waals surface area contributed by atoms with Crippen LogP contribution < -0.4 is 0 Å². The zero-order valence-electron chi connectivity index (χ0n) is 11.0. The third-order valence-electron chi connectivity index (χ3n) is 5.63. The molecule has 1 amide bonds. The van der Waals surface area contributed by atoms with Crippen molar-refractivity contribution >= 4 is 15.9 Å². The summed E-state index contributed by atoms with van der Waals surface area (Å²) in [5.74, 6) is 2.06. The molecule has 6 heteroatoms. The van der Waals surface area contributed by atoms with Crippen molar-refractivity contribution in [2.24, 2.45) is 23.7 Å². The molecule has 0 unspecified atom stereocenters. The van der Waals surface area contributed by atoms with Gasteiger partial charge in [0, 0.05) is 0 Å². The molecule has 5 fully saturated rings. The molecular formula is C13H19NO4S. The Morgan fingerprint density at radius 1 is 1.11 bits per heavy atom. The molecule has 6 atom stereocenters. The number of ether oxygens (including phenoxy) is 1. The molecule has 0 radical (unpaired) electrons. The van der Waals surface area contributed by atoms with Crippen LogP contribution in [-0.4, -0.2) is 49.6 Å². The number of amides is 1. The van der Waals surface area contributed by atoms with Crippen LogP contribution in [0, 0.1) is 23.7 Å². The second kappa shape index (κ2) is 3.65. The summed E-state index contributed by atoms with van der Waals surface area (Å²) in [6.07, 6.45) is 1.97. The molecule has 2 aliphatic heterocycles. The first-order valence-electron chi connectivity index (χ1n) is 7.19. The van der Waals surface area contributed by atoms with Crippen LogP contribution >= 0.6 is 0 Å². The molecule has 0 aromatic heterocycles. The molecule has 19 heavy (non-hydrogen) atoms. The third-order valence-corrected chi connectivity index (χ3v) is 7.42. The van der Waals surface area contributed by atoms with Crippen LogP contribution in [0.15, 0.2) is 0 Å². The van der Waals surface area contributed by atoms with E-state index in [0.29, 0.717) is 41.8 Å². The second-order valence-corrected chi connectivity index (χ2v) is 8.55. The lowest BCUT2D eigenvalue weighted by Crippen LogP contribution is -2.44. The van der Waals surface area contributed by atoms with Crippen LogP contribution in [-0.2, 0) is 14.6 Å². The Kier molecular flexibility index (Phi) is 2.31. The van der Waals surface area contributed by atoms with E-state index in [2.05, 4.69) is 0 Å². The van der Waals surface area contributed by atoms with Gasteiger partial charge in [0.05, 0.1) is 30.2 Å². The molecule has 0 spiro atoms. The molecule has 5 rings (SSSR count). The monoisotopic (exact) mass is 285 g/mol. The van der Waals surface area contributed by atoms with E-state index in [0.717, 1.165) is 12.8 Å². The highest BCUT2D eigenvalue weighted by molar-refractivity contribution is 7.91. The molecule has 0 N–H and O–H groups in total. The Morgan fingerprint density at radius 3 is 2.11 bits per heavy atom. The highest BCUT2D eigenvalue weighted by atomic mass is 32.2. The van der Waals surface area contributed by atoms with E-state index in [-0.39, 0.29) is 18.2 Å². The minimum atomic E-state index is -2.84. The van der Waals surface area contributed by atoms with E-state index < -0.39 is 9.84 Å². The van der Waals surface area contributed by atoms with Gasteiger partial charge in [0.15, 0.2) is 9.84 Å². The van der Waals surface area contributed by atoms with Gasteiger partial charge in [-0.1, -0.05) is 0 Å². The van der Waals surface area contributed by atoms with Crippen molar-refractivity contribution in [3.05, 3.63) is 0 Å². The highest BCUT2D eigenvalue weighted by Gasteiger charge is 2.70. The van der Waals surface area contributed by atoms with Gasteiger partial charge in [-0.05, 0) is 43.4 Å². The Balaban J connectivity index is 1.61. The number of fused-ring (bicyclic) bond motifs is 1. The van der Waals surface area contributed by atoms with Crippen LogP contribution in [0.4, 0.5) is 4.79 Å². The van der Waals surface area contributed by atoms with Crippen LogP contribution in [0.1, 0.15) is 19.8 Å². The molecule has 5 aliphatic rings. The first-order valence-corrected chi connectivity index (χ1v) is 9.01. The maximum absolute atomic E-state index is 11.9. The van der Waals surface area contributed by atoms with Gasteiger partial charge in [-0.25, -0.2) is 13.2 Å². The van der Waals surface area contributed by atoms with Gasteiger partial charge >= 0.3 is 6.09 Å². The molecule has 2 heterocycles. The van der Waals surface area contributed by atoms with Gasteiger partial charge in [0.1, 0.15) is 0 Å². The van der Waals surface area contributed by atoms with Crippen LogP contribution in [0.2, 0.25) is 0 Å². The number of rotatable bonds is 1. The minimum Gasteiger partial charge on any atom is -0.450 e. The Morgan fingerprint density at radius 2 is 1.63 bits per heavy atom. The summed E-state index contributed by atoms with van der Waals surface area (Å²) in [4.78, 5) is 13.8. The fourth-order valence-corrected chi connectivity index (χ4v) is 7.37. The van der Waals surface area contributed by atoms with Crippen molar-refractivity contribution in [1.82, 2.24) is 4.90 Å². The van der Waals surface area contributed by atoms with Crippen molar-refractivity contribution in [3.63, 3.8) is 0 Å². The lowest BCUT2D eigenvalue weighted by Gasteiger charge is -2.42. The smallest absolute Gasteiger partial charge is 0.410 e. The van der Waals surface area contributed by atoms with Crippen LogP contribution in [0.5, 0.6) is 0 Å². The summed E-state index contributed by atoms with van der Waals surface area (Å²) >= 11 is 0. The molecule has 2 saturated heterocycles. The number of carbonyl (C=O) groups excluding carboxylic acids is 1. The molecule has 5 nitrogen and oxygen atoms in total.